The summed E-state index contributed by atoms with van der Waals surface area (Å²) in [5, 5.41) is 0.640. The van der Waals surface area contributed by atoms with Crippen molar-refractivity contribution in [3.63, 3.8) is 0 Å². The summed E-state index contributed by atoms with van der Waals surface area (Å²) in [4.78, 5) is 4.52. The van der Waals surface area contributed by atoms with E-state index in [1.54, 1.807) is 12.1 Å². The molecule has 0 bridgehead atoms. The van der Waals surface area contributed by atoms with Gasteiger partial charge in [0.25, 0.3) is 0 Å². The van der Waals surface area contributed by atoms with Gasteiger partial charge in [0.1, 0.15) is 5.82 Å². The van der Waals surface area contributed by atoms with Crippen molar-refractivity contribution < 1.29 is 17.9 Å². The van der Waals surface area contributed by atoms with E-state index in [2.05, 4.69) is 4.98 Å². The largest absolute Gasteiger partial charge is 0.416 e. The standard InChI is InChI=1S/C20H18ClF3N2O/c21-15-6-3-13(4-7-15)10-19-25-17-11-14(20(22,23)24)5-8-18(17)26(19)12-16-2-1-9-27-16/h3-8,11,16H,1-2,9-10,12H2. The van der Waals surface area contributed by atoms with E-state index < -0.39 is 11.7 Å². The fourth-order valence-electron chi connectivity index (χ4n) is 3.47. The Morgan fingerprint density at radius 1 is 1.15 bits per heavy atom. The number of alkyl halides is 3. The summed E-state index contributed by atoms with van der Waals surface area (Å²) < 4.78 is 46.9. The molecule has 3 nitrogen and oxygen atoms in total. The fourth-order valence-corrected chi connectivity index (χ4v) is 3.60. The highest BCUT2D eigenvalue weighted by molar-refractivity contribution is 6.30. The molecule has 1 atom stereocenters. The maximum atomic E-state index is 13.1. The van der Waals surface area contributed by atoms with Crippen molar-refractivity contribution in [2.75, 3.05) is 6.61 Å². The Morgan fingerprint density at radius 3 is 2.59 bits per heavy atom. The van der Waals surface area contributed by atoms with Gasteiger partial charge in [-0.15, -0.1) is 0 Å². The van der Waals surface area contributed by atoms with Crippen molar-refractivity contribution in [1.82, 2.24) is 9.55 Å². The molecule has 1 aliphatic rings. The molecule has 1 saturated heterocycles. The Balaban J connectivity index is 1.75. The molecule has 142 valence electrons. The van der Waals surface area contributed by atoms with Crippen LogP contribution in [0.25, 0.3) is 11.0 Å². The first-order valence-corrected chi connectivity index (χ1v) is 9.20. The van der Waals surface area contributed by atoms with E-state index >= 15 is 0 Å². The maximum Gasteiger partial charge on any atom is 0.416 e. The van der Waals surface area contributed by atoms with Crippen LogP contribution in [0.5, 0.6) is 0 Å². The number of halogens is 4. The molecular weight excluding hydrogens is 377 g/mol. The zero-order valence-electron chi connectivity index (χ0n) is 14.5. The molecule has 1 aliphatic heterocycles. The molecule has 0 saturated carbocycles. The summed E-state index contributed by atoms with van der Waals surface area (Å²) in [7, 11) is 0. The van der Waals surface area contributed by atoms with Gasteiger partial charge in [-0.2, -0.15) is 13.2 Å². The quantitative estimate of drug-likeness (QED) is 0.586. The van der Waals surface area contributed by atoms with Crippen LogP contribution >= 0.6 is 11.6 Å². The van der Waals surface area contributed by atoms with Gasteiger partial charge in [-0.3, -0.25) is 0 Å². The molecule has 3 aromatic rings. The average molecular weight is 395 g/mol. The topological polar surface area (TPSA) is 27.1 Å². The number of benzene rings is 2. The number of fused-ring (bicyclic) bond motifs is 1. The minimum atomic E-state index is -4.39. The van der Waals surface area contributed by atoms with E-state index in [1.165, 1.54) is 6.07 Å². The number of hydrogen-bond donors (Lipinski definition) is 0. The second kappa shape index (κ2) is 7.17. The van der Waals surface area contributed by atoms with Crippen LogP contribution in [0, 0.1) is 0 Å². The molecule has 1 fully saturated rings. The van der Waals surface area contributed by atoms with E-state index in [-0.39, 0.29) is 6.10 Å². The monoisotopic (exact) mass is 394 g/mol. The molecule has 1 aromatic heterocycles. The predicted molar refractivity (Wildman–Crippen MR) is 98.0 cm³/mol. The van der Waals surface area contributed by atoms with Crippen molar-refractivity contribution >= 4 is 22.6 Å². The third-order valence-corrected chi connectivity index (χ3v) is 5.09. The number of imidazole rings is 1. The lowest BCUT2D eigenvalue weighted by Gasteiger charge is -2.14. The van der Waals surface area contributed by atoms with Gasteiger partial charge < -0.3 is 9.30 Å². The van der Waals surface area contributed by atoms with Crippen LogP contribution in [0.4, 0.5) is 13.2 Å². The Bertz CT molecular complexity index is 944. The van der Waals surface area contributed by atoms with Gasteiger partial charge in [-0.25, -0.2) is 4.98 Å². The van der Waals surface area contributed by atoms with Gasteiger partial charge in [0.05, 0.1) is 29.2 Å². The van der Waals surface area contributed by atoms with Gasteiger partial charge in [0.15, 0.2) is 0 Å². The molecule has 0 amide bonds. The van der Waals surface area contributed by atoms with Gasteiger partial charge >= 0.3 is 6.18 Å². The molecule has 0 N–H and O–H groups in total. The molecule has 27 heavy (non-hydrogen) atoms. The predicted octanol–water partition coefficient (Wildman–Crippen LogP) is 5.48. The molecule has 4 rings (SSSR count). The zero-order chi connectivity index (χ0) is 19.0. The van der Waals surface area contributed by atoms with E-state index in [1.807, 2.05) is 16.7 Å². The molecule has 2 aromatic carbocycles. The first-order chi connectivity index (χ1) is 12.9. The SMILES string of the molecule is FC(F)(F)c1ccc2c(c1)nc(Cc1ccc(Cl)cc1)n2CC1CCCO1. The smallest absolute Gasteiger partial charge is 0.376 e. The summed E-state index contributed by atoms with van der Waals surface area (Å²) in [5.41, 5.74) is 1.36. The van der Waals surface area contributed by atoms with Crippen LogP contribution < -0.4 is 0 Å². The van der Waals surface area contributed by atoms with Crippen molar-refractivity contribution in [2.24, 2.45) is 0 Å². The molecule has 2 heterocycles. The van der Waals surface area contributed by atoms with Crippen LogP contribution in [0.1, 0.15) is 29.8 Å². The first kappa shape index (κ1) is 18.3. The van der Waals surface area contributed by atoms with Crippen LogP contribution in [0.15, 0.2) is 42.5 Å². The fraction of sp³-hybridized carbons (Fsp3) is 0.350. The number of aromatic nitrogens is 2. The minimum Gasteiger partial charge on any atom is -0.376 e. The molecule has 1 unspecified atom stereocenters. The first-order valence-electron chi connectivity index (χ1n) is 8.82. The highest BCUT2D eigenvalue weighted by Gasteiger charge is 2.31. The number of ether oxygens (including phenoxy) is 1. The van der Waals surface area contributed by atoms with Crippen LogP contribution in [0.3, 0.4) is 0 Å². The third-order valence-electron chi connectivity index (χ3n) is 4.84. The summed E-state index contributed by atoms with van der Waals surface area (Å²) in [6.07, 6.45) is -1.86. The van der Waals surface area contributed by atoms with E-state index in [9.17, 15) is 13.2 Å². The molecule has 7 heteroatoms. The lowest BCUT2D eigenvalue weighted by Crippen LogP contribution is -2.17. The van der Waals surface area contributed by atoms with Gasteiger partial charge in [0, 0.05) is 18.1 Å². The summed E-state index contributed by atoms with van der Waals surface area (Å²) in [5.74, 6) is 0.724. The maximum absolute atomic E-state index is 13.1. The van der Waals surface area contributed by atoms with Gasteiger partial charge in [-0.1, -0.05) is 23.7 Å². The lowest BCUT2D eigenvalue weighted by molar-refractivity contribution is -0.137. The average Bonchev–Trinajstić information content (AvgIpc) is 3.25. The summed E-state index contributed by atoms with van der Waals surface area (Å²) >= 11 is 5.94. The number of rotatable bonds is 4. The molecule has 0 radical (unpaired) electrons. The van der Waals surface area contributed by atoms with Crippen LogP contribution in [-0.2, 0) is 23.9 Å². The minimum absolute atomic E-state index is 0.0636. The molecular formula is C20H18ClF3N2O. The van der Waals surface area contributed by atoms with Gasteiger partial charge in [-0.05, 0) is 48.7 Å². The number of hydrogen-bond acceptors (Lipinski definition) is 2. The van der Waals surface area contributed by atoms with Crippen molar-refractivity contribution in [3.05, 3.63) is 64.4 Å². The van der Waals surface area contributed by atoms with Crippen LogP contribution in [-0.4, -0.2) is 22.3 Å². The lowest BCUT2D eigenvalue weighted by atomic mass is 10.1. The summed E-state index contributed by atoms with van der Waals surface area (Å²) in [6.45, 7) is 1.31. The van der Waals surface area contributed by atoms with Crippen molar-refractivity contribution in [1.29, 1.82) is 0 Å². The number of nitrogens with zero attached hydrogens (tertiary/aromatic N) is 2. The Morgan fingerprint density at radius 2 is 1.93 bits per heavy atom. The summed E-state index contributed by atoms with van der Waals surface area (Å²) in [6, 6.07) is 11.1. The second-order valence-corrected chi connectivity index (χ2v) is 7.21. The Hall–Kier alpha value is -2.05. The second-order valence-electron chi connectivity index (χ2n) is 6.78. The highest BCUT2D eigenvalue weighted by atomic mass is 35.5. The van der Waals surface area contributed by atoms with E-state index in [4.69, 9.17) is 16.3 Å². The highest BCUT2D eigenvalue weighted by Crippen LogP contribution is 2.32. The Labute approximate surface area is 159 Å². The normalized spacial score (nSPS) is 17.7. The molecule has 0 spiro atoms. The van der Waals surface area contributed by atoms with Crippen molar-refractivity contribution in [3.8, 4) is 0 Å². The zero-order valence-corrected chi connectivity index (χ0v) is 15.2. The van der Waals surface area contributed by atoms with E-state index in [0.717, 1.165) is 43.0 Å². The third kappa shape index (κ3) is 3.96. The van der Waals surface area contributed by atoms with Gasteiger partial charge in [0.2, 0.25) is 0 Å². The van der Waals surface area contributed by atoms with Crippen molar-refractivity contribution in [2.45, 2.75) is 38.1 Å². The Kier molecular flexibility index (Phi) is 4.86. The molecule has 0 aliphatic carbocycles. The van der Waals surface area contributed by atoms with E-state index in [0.29, 0.717) is 29.0 Å². The van der Waals surface area contributed by atoms with Crippen LogP contribution in [0.2, 0.25) is 5.02 Å².